The lowest BCUT2D eigenvalue weighted by Crippen LogP contribution is -2.17. The molecule has 0 aromatic heterocycles. The van der Waals surface area contributed by atoms with Gasteiger partial charge < -0.3 is 9.57 Å². The number of ether oxygens (including phenoxy) is 1. The molecule has 0 amide bonds. The molecule has 2 rings (SSSR count). The Hall–Kier alpha value is -1.03. The van der Waals surface area contributed by atoms with Gasteiger partial charge >= 0.3 is 0 Å². The fraction of sp³-hybridized carbons (Fsp3) is 0.364. The van der Waals surface area contributed by atoms with E-state index in [9.17, 15) is 0 Å². The zero-order valence-corrected chi connectivity index (χ0v) is 10.0. The van der Waals surface area contributed by atoms with Gasteiger partial charge in [0.2, 0.25) is 0 Å². The lowest BCUT2D eigenvalue weighted by Gasteiger charge is -2.11. The Morgan fingerprint density at radius 3 is 3.00 bits per heavy atom. The molecular weight excluding hydrogens is 258 g/mol. The highest BCUT2D eigenvalue weighted by Gasteiger charge is 2.18. The summed E-state index contributed by atoms with van der Waals surface area (Å²) < 4.78 is 6.58. The molecule has 0 radical (unpaired) electrons. The summed E-state index contributed by atoms with van der Waals surface area (Å²) in [6, 6.07) is 7.77. The molecule has 0 saturated carbocycles. The van der Waals surface area contributed by atoms with E-state index in [0.717, 1.165) is 22.4 Å². The van der Waals surface area contributed by atoms with Gasteiger partial charge in [-0.3, -0.25) is 0 Å². The van der Waals surface area contributed by atoms with Crippen molar-refractivity contribution in [1.82, 2.24) is 0 Å². The van der Waals surface area contributed by atoms with E-state index in [1.54, 1.807) is 0 Å². The first kappa shape index (κ1) is 10.5. The molecule has 0 saturated heterocycles. The number of benzene rings is 1. The van der Waals surface area contributed by atoms with Gasteiger partial charge in [-0.2, -0.15) is 0 Å². The summed E-state index contributed by atoms with van der Waals surface area (Å²) >= 11 is 3.42. The fourth-order valence-corrected chi connectivity index (χ4v) is 1.80. The van der Waals surface area contributed by atoms with Gasteiger partial charge in [-0.15, -0.1) is 0 Å². The second-order valence-corrected chi connectivity index (χ2v) is 4.35. The summed E-state index contributed by atoms with van der Waals surface area (Å²) in [5.74, 6) is 0.839. The number of halogens is 1. The molecule has 4 heteroatoms. The molecule has 1 unspecified atom stereocenters. The van der Waals surface area contributed by atoms with Crippen molar-refractivity contribution in [3.8, 4) is 5.75 Å². The third-order valence-electron chi connectivity index (χ3n) is 2.14. The van der Waals surface area contributed by atoms with Crippen LogP contribution < -0.4 is 4.74 Å². The number of hydrogen-bond acceptors (Lipinski definition) is 3. The summed E-state index contributed by atoms with van der Waals surface area (Å²) in [6.45, 7) is 2.49. The van der Waals surface area contributed by atoms with E-state index in [2.05, 4.69) is 21.1 Å². The molecule has 0 fully saturated rings. The highest BCUT2D eigenvalue weighted by atomic mass is 79.9. The first-order chi connectivity index (χ1) is 7.25. The van der Waals surface area contributed by atoms with Crippen LogP contribution in [0, 0.1) is 0 Å². The molecule has 1 aliphatic heterocycles. The van der Waals surface area contributed by atoms with Crippen molar-refractivity contribution in [1.29, 1.82) is 0 Å². The highest BCUT2D eigenvalue weighted by Crippen LogP contribution is 2.24. The molecule has 1 atom stereocenters. The van der Waals surface area contributed by atoms with Crippen LogP contribution in [-0.2, 0) is 4.84 Å². The molecule has 1 aromatic carbocycles. The van der Waals surface area contributed by atoms with Gasteiger partial charge in [-0.05, 0) is 35.0 Å². The van der Waals surface area contributed by atoms with Gasteiger partial charge in [0.25, 0.3) is 0 Å². The number of rotatable bonds is 3. The van der Waals surface area contributed by atoms with Crippen molar-refractivity contribution < 1.29 is 9.57 Å². The van der Waals surface area contributed by atoms with Crippen LogP contribution in [0.4, 0.5) is 0 Å². The summed E-state index contributed by atoms with van der Waals surface area (Å²) in [5.41, 5.74) is 1.02. The number of nitrogens with zero attached hydrogens (tertiary/aromatic N) is 1. The Labute approximate surface area is 97.2 Å². The average molecular weight is 270 g/mol. The molecule has 0 aliphatic carbocycles. The summed E-state index contributed by atoms with van der Waals surface area (Å²) in [6.07, 6.45) is 0.905. The van der Waals surface area contributed by atoms with Gasteiger partial charge in [-0.1, -0.05) is 17.3 Å². The van der Waals surface area contributed by atoms with Crippen LogP contribution in [0.2, 0.25) is 0 Å². The van der Waals surface area contributed by atoms with Crippen LogP contribution in [0.3, 0.4) is 0 Å². The zero-order chi connectivity index (χ0) is 10.7. The quantitative estimate of drug-likeness (QED) is 0.845. The van der Waals surface area contributed by atoms with Gasteiger partial charge in [0.05, 0.1) is 10.2 Å². The van der Waals surface area contributed by atoms with Crippen molar-refractivity contribution >= 4 is 21.6 Å². The van der Waals surface area contributed by atoms with Gasteiger partial charge in [0, 0.05) is 6.42 Å². The van der Waals surface area contributed by atoms with Gasteiger partial charge in [0.1, 0.15) is 12.4 Å². The fourth-order valence-electron chi connectivity index (χ4n) is 1.40. The zero-order valence-electron chi connectivity index (χ0n) is 8.44. The van der Waals surface area contributed by atoms with Crippen molar-refractivity contribution in [3.63, 3.8) is 0 Å². The average Bonchev–Trinajstić information content (AvgIpc) is 2.63. The molecule has 3 nitrogen and oxygen atoms in total. The minimum atomic E-state index is 0.0529. The SMILES string of the molecule is CC1=NOC(COc2ccccc2Br)C1. The minimum Gasteiger partial charge on any atom is -0.488 e. The number of para-hydroxylation sites is 1. The molecular formula is C11H12BrNO2. The second-order valence-electron chi connectivity index (χ2n) is 3.50. The van der Waals surface area contributed by atoms with E-state index in [1.807, 2.05) is 31.2 Å². The Morgan fingerprint density at radius 2 is 2.33 bits per heavy atom. The van der Waals surface area contributed by atoms with Crippen LogP contribution >= 0.6 is 15.9 Å². The molecule has 1 aromatic rings. The molecule has 0 bridgehead atoms. The monoisotopic (exact) mass is 269 g/mol. The Bertz CT molecular complexity index is 379. The normalized spacial score (nSPS) is 19.6. The Kier molecular flexibility index (Phi) is 3.26. The first-order valence-corrected chi connectivity index (χ1v) is 5.61. The smallest absolute Gasteiger partial charge is 0.166 e. The Balaban J connectivity index is 1.86. The van der Waals surface area contributed by atoms with E-state index in [4.69, 9.17) is 9.57 Å². The molecule has 80 valence electrons. The molecule has 1 heterocycles. The van der Waals surface area contributed by atoms with E-state index >= 15 is 0 Å². The standard InChI is InChI=1S/C11H12BrNO2/c1-8-6-9(15-13-8)7-14-11-5-3-2-4-10(11)12/h2-5,9H,6-7H2,1H3. The van der Waals surface area contributed by atoms with E-state index < -0.39 is 0 Å². The predicted molar refractivity (Wildman–Crippen MR) is 62.2 cm³/mol. The molecule has 0 N–H and O–H groups in total. The maximum Gasteiger partial charge on any atom is 0.166 e. The van der Waals surface area contributed by atoms with Crippen LogP contribution in [0.25, 0.3) is 0 Å². The maximum atomic E-state index is 5.62. The summed E-state index contributed by atoms with van der Waals surface area (Å²) in [7, 11) is 0. The van der Waals surface area contributed by atoms with Crippen LogP contribution in [-0.4, -0.2) is 18.4 Å². The van der Waals surface area contributed by atoms with Crippen LogP contribution in [0.5, 0.6) is 5.75 Å². The van der Waals surface area contributed by atoms with Crippen LogP contribution in [0.1, 0.15) is 13.3 Å². The van der Waals surface area contributed by atoms with Gasteiger partial charge in [-0.25, -0.2) is 0 Å². The first-order valence-electron chi connectivity index (χ1n) is 4.82. The largest absolute Gasteiger partial charge is 0.488 e. The lowest BCUT2D eigenvalue weighted by atomic mass is 10.2. The van der Waals surface area contributed by atoms with Crippen molar-refractivity contribution in [3.05, 3.63) is 28.7 Å². The summed E-state index contributed by atoms with van der Waals surface area (Å²) in [4.78, 5) is 5.17. The van der Waals surface area contributed by atoms with Crippen molar-refractivity contribution in [2.75, 3.05) is 6.61 Å². The third kappa shape index (κ3) is 2.72. The third-order valence-corrected chi connectivity index (χ3v) is 2.80. The lowest BCUT2D eigenvalue weighted by molar-refractivity contribution is 0.0468. The number of hydrogen-bond donors (Lipinski definition) is 0. The predicted octanol–water partition coefficient (Wildman–Crippen LogP) is 2.99. The maximum absolute atomic E-state index is 5.62. The molecule has 1 aliphatic rings. The van der Waals surface area contributed by atoms with E-state index in [0.29, 0.717) is 6.61 Å². The molecule has 15 heavy (non-hydrogen) atoms. The van der Waals surface area contributed by atoms with E-state index in [-0.39, 0.29) is 6.10 Å². The highest BCUT2D eigenvalue weighted by molar-refractivity contribution is 9.10. The van der Waals surface area contributed by atoms with Crippen molar-refractivity contribution in [2.45, 2.75) is 19.4 Å². The van der Waals surface area contributed by atoms with Crippen molar-refractivity contribution in [2.24, 2.45) is 5.16 Å². The topological polar surface area (TPSA) is 30.8 Å². The molecule has 0 spiro atoms. The van der Waals surface area contributed by atoms with E-state index in [1.165, 1.54) is 0 Å². The Morgan fingerprint density at radius 1 is 1.53 bits per heavy atom. The second kappa shape index (κ2) is 4.66. The summed E-state index contributed by atoms with van der Waals surface area (Å²) in [5, 5.41) is 3.88. The minimum absolute atomic E-state index is 0.0529. The van der Waals surface area contributed by atoms with Crippen LogP contribution in [0.15, 0.2) is 33.9 Å². The number of oxime groups is 1. The van der Waals surface area contributed by atoms with Gasteiger partial charge in [0.15, 0.2) is 6.10 Å².